The van der Waals surface area contributed by atoms with Crippen molar-refractivity contribution in [2.45, 2.75) is 0 Å². The van der Waals surface area contributed by atoms with Crippen LogP contribution in [0.4, 0.5) is 17.3 Å². The predicted octanol–water partition coefficient (Wildman–Crippen LogP) is 3.06. The number of aromatic nitrogens is 2. The Labute approximate surface area is 111 Å². The first-order valence-electron chi connectivity index (χ1n) is 4.46. The summed E-state index contributed by atoms with van der Waals surface area (Å²) in [5, 5.41) is 3.23. The van der Waals surface area contributed by atoms with E-state index in [9.17, 15) is 0 Å². The van der Waals surface area contributed by atoms with E-state index >= 15 is 0 Å². The molecule has 0 unspecified atom stereocenters. The highest BCUT2D eigenvalue weighted by atomic mass is 127. The molecule has 0 amide bonds. The fourth-order valence-electron chi connectivity index (χ4n) is 1.18. The third-order valence-corrected chi connectivity index (χ3v) is 2.72. The Morgan fingerprint density at radius 2 is 1.88 bits per heavy atom. The molecule has 2 aromatic rings. The van der Waals surface area contributed by atoms with Gasteiger partial charge in [-0.1, -0.05) is 0 Å². The van der Waals surface area contributed by atoms with E-state index < -0.39 is 0 Å². The molecule has 0 spiro atoms. The van der Waals surface area contributed by atoms with Gasteiger partial charge in [0.25, 0.3) is 0 Å². The largest absolute Gasteiger partial charge is 0.383 e. The molecule has 1 aromatic heterocycles. The number of nitrogens with zero attached hydrogens (tertiary/aromatic N) is 2. The molecular formula is C10H8ClIN4. The Hall–Kier alpha value is -1.08. The second-order valence-electron chi connectivity index (χ2n) is 3.08. The van der Waals surface area contributed by atoms with Gasteiger partial charge < -0.3 is 11.1 Å². The van der Waals surface area contributed by atoms with Crippen LogP contribution in [0.25, 0.3) is 0 Å². The Morgan fingerprint density at radius 3 is 2.50 bits per heavy atom. The number of nitrogen functional groups attached to an aromatic ring is 1. The van der Waals surface area contributed by atoms with Crippen LogP contribution in [-0.2, 0) is 0 Å². The molecule has 0 bridgehead atoms. The Balaban J connectivity index is 2.23. The van der Waals surface area contributed by atoms with Crippen molar-refractivity contribution in [2.75, 3.05) is 11.1 Å². The summed E-state index contributed by atoms with van der Waals surface area (Å²) in [5.41, 5.74) is 6.49. The van der Waals surface area contributed by atoms with Crippen molar-refractivity contribution in [3.05, 3.63) is 39.2 Å². The van der Waals surface area contributed by atoms with E-state index in [1.54, 1.807) is 6.07 Å². The molecule has 0 aliphatic heterocycles. The number of benzene rings is 1. The molecule has 0 fully saturated rings. The summed E-state index contributed by atoms with van der Waals surface area (Å²) in [7, 11) is 0. The average Bonchev–Trinajstić information content (AvgIpc) is 2.20. The normalized spacial score (nSPS) is 10.1. The summed E-state index contributed by atoms with van der Waals surface area (Å²) in [4.78, 5) is 7.79. The monoisotopic (exact) mass is 346 g/mol. The number of hydrogen-bond acceptors (Lipinski definition) is 4. The van der Waals surface area contributed by atoms with Crippen molar-refractivity contribution >= 4 is 51.5 Å². The van der Waals surface area contributed by atoms with Gasteiger partial charge in [0, 0.05) is 15.3 Å². The zero-order valence-corrected chi connectivity index (χ0v) is 11.0. The second kappa shape index (κ2) is 4.84. The van der Waals surface area contributed by atoms with E-state index in [0.29, 0.717) is 11.6 Å². The van der Waals surface area contributed by atoms with Crippen molar-refractivity contribution in [2.24, 2.45) is 0 Å². The van der Waals surface area contributed by atoms with Crippen molar-refractivity contribution < 1.29 is 0 Å². The number of nitrogens with one attached hydrogen (secondary N) is 1. The molecule has 3 N–H and O–H groups in total. The first-order chi connectivity index (χ1) is 7.63. The van der Waals surface area contributed by atoms with Gasteiger partial charge in [-0.15, -0.1) is 0 Å². The SMILES string of the molecule is Nc1cc(Nc2ccc(I)cc2)nc(Cl)n1. The molecule has 0 aliphatic rings. The number of hydrogen-bond donors (Lipinski definition) is 2. The highest BCUT2D eigenvalue weighted by Gasteiger charge is 2.00. The van der Waals surface area contributed by atoms with Gasteiger partial charge in [-0.2, -0.15) is 0 Å². The van der Waals surface area contributed by atoms with E-state index in [1.807, 2.05) is 24.3 Å². The Kier molecular flexibility index (Phi) is 3.45. The molecule has 0 saturated carbocycles. The van der Waals surface area contributed by atoms with Crippen molar-refractivity contribution in [3.8, 4) is 0 Å². The molecule has 2 rings (SSSR count). The standard InChI is InChI=1S/C10H8ClIN4/c11-10-15-8(13)5-9(16-10)14-7-3-1-6(12)2-4-7/h1-5H,(H3,13,14,15,16). The number of nitrogens with two attached hydrogens (primary N) is 1. The Bertz CT molecular complexity index is 480. The summed E-state index contributed by atoms with van der Waals surface area (Å²) >= 11 is 7.94. The molecule has 1 heterocycles. The van der Waals surface area contributed by atoms with Gasteiger partial charge in [-0.25, -0.2) is 9.97 Å². The summed E-state index contributed by atoms with van der Waals surface area (Å²) in [6.07, 6.45) is 0. The lowest BCUT2D eigenvalue weighted by Crippen LogP contribution is -1.98. The van der Waals surface area contributed by atoms with Crippen LogP contribution in [0.1, 0.15) is 0 Å². The summed E-state index contributed by atoms with van der Waals surface area (Å²) < 4.78 is 1.17. The summed E-state index contributed by atoms with van der Waals surface area (Å²) in [5.74, 6) is 0.923. The Morgan fingerprint density at radius 1 is 1.19 bits per heavy atom. The van der Waals surface area contributed by atoms with Crippen LogP contribution < -0.4 is 11.1 Å². The number of halogens is 2. The highest BCUT2D eigenvalue weighted by molar-refractivity contribution is 14.1. The van der Waals surface area contributed by atoms with Gasteiger partial charge in [0.05, 0.1) is 0 Å². The third kappa shape index (κ3) is 2.96. The lowest BCUT2D eigenvalue weighted by molar-refractivity contribution is 1.18. The van der Waals surface area contributed by atoms with E-state index in [2.05, 4.69) is 37.9 Å². The van der Waals surface area contributed by atoms with Crippen LogP contribution in [0, 0.1) is 3.57 Å². The summed E-state index contributed by atoms with van der Waals surface area (Å²) in [6, 6.07) is 9.52. The molecule has 0 aliphatic carbocycles. The van der Waals surface area contributed by atoms with Crippen LogP contribution in [-0.4, -0.2) is 9.97 Å². The summed E-state index contributed by atoms with van der Waals surface area (Å²) in [6.45, 7) is 0. The zero-order chi connectivity index (χ0) is 11.5. The van der Waals surface area contributed by atoms with E-state index in [4.69, 9.17) is 17.3 Å². The molecule has 0 atom stereocenters. The maximum atomic E-state index is 5.70. The fraction of sp³-hybridized carbons (Fsp3) is 0. The quantitative estimate of drug-likeness (QED) is 0.648. The lowest BCUT2D eigenvalue weighted by Gasteiger charge is -2.06. The van der Waals surface area contributed by atoms with Crippen LogP contribution in [0.5, 0.6) is 0 Å². The van der Waals surface area contributed by atoms with Crippen LogP contribution in [0.15, 0.2) is 30.3 Å². The van der Waals surface area contributed by atoms with Crippen LogP contribution in [0.2, 0.25) is 5.28 Å². The van der Waals surface area contributed by atoms with Gasteiger partial charge in [0.2, 0.25) is 5.28 Å². The van der Waals surface area contributed by atoms with Gasteiger partial charge in [0.1, 0.15) is 11.6 Å². The zero-order valence-electron chi connectivity index (χ0n) is 8.11. The number of rotatable bonds is 2. The van der Waals surface area contributed by atoms with Crippen molar-refractivity contribution in [1.29, 1.82) is 0 Å². The van der Waals surface area contributed by atoms with Gasteiger partial charge in [-0.05, 0) is 58.5 Å². The van der Waals surface area contributed by atoms with Gasteiger partial charge in [-0.3, -0.25) is 0 Å². The first-order valence-corrected chi connectivity index (χ1v) is 5.92. The van der Waals surface area contributed by atoms with Crippen LogP contribution in [0.3, 0.4) is 0 Å². The smallest absolute Gasteiger partial charge is 0.226 e. The van der Waals surface area contributed by atoms with Crippen molar-refractivity contribution in [1.82, 2.24) is 9.97 Å². The molecule has 82 valence electrons. The highest BCUT2D eigenvalue weighted by Crippen LogP contribution is 2.18. The minimum atomic E-state index is 0.132. The molecule has 1 aromatic carbocycles. The van der Waals surface area contributed by atoms with E-state index in [-0.39, 0.29) is 5.28 Å². The van der Waals surface area contributed by atoms with Crippen LogP contribution >= 0.6 is 34.2 Å². The van der Waals surface area contributed by atoms with E-state index in [1.165, 1.54) is 3.57 Å². The second-order valence-corrected chi connectivity index (χ2v) is 4.66. The molecule has 0 radical (unpaired) electrons. The molecule has 16 heavy (non-hydrogen) atoms. The van der Waals surface area contributed by atoms with Crippen molar-refractivity contribution in [3.63, 3.8) is 0 Å². The fourth-order valence-corrected chi connectivity index (χ4v) is 1.73. The number of anilines is 3. The molecule has 6 heteroatoms. The first kappa shape index (κ1) is 11.4. The maximum absolute atomic E-state index is 5.70. The predicted molar refractivity (Wildman–Crippen MR) is 73.9 cm³/mol. The minimum absolute atomic E-state index is 0.132. The topological polar surface area (TPSA) is 63.8 Å². The maximum Gasteiger partial charge on any atom is 0.226 e. The average molecular weight is 347 g/mol. The molecule has 0 saturated heterocycles. The van der Waals surface area contributed by atoms with E-state index in [0.717, 1.165) is 5.69 Å². The van der Waals surface area contributed by atoms with Gasteiger partial charge >= 0.3 is 0 Å². The minimum Gasteiger partial charge on any atom is -0.383 e. The van der Waals surface area contributed by atoms with Gasteiger partial charge in [0.15, 0.2) is 0 Å². The molecular weight excluding hydrogens is 338 g/mol. The lowest BCUT2D eigenvalue weighted by atomic mass is 10.3. The third-order valence-electron chi connectivity index (χ3n) is 1.84. The molecule has 4 nitrogen and oxygen atoms in total.